The van der Waals surface area contributed by atoms with Crippen LogP contribution in [0, 0.1) is 11.3 Å². The number of nitrogens with zero attached hydrogens (tertiary/aromatic N) is 4. The number of carbonyl (C=O) groups is 3. The number of fused-ring (bicyclic) bond motifs is 2. The van der Waals surface area contributed by atoms with Crippen LogP contribution in [-0.2, 0) is 54.7 Å². The number of benzene rings is 2. The van der Waals surface area contributed by atoms with Gasteiger partial charge in [-0.25, -0.2) is 9.59 Å². The zero-order chi connectivity index (χ0) is 38.4. The van der Waals surface area contributed by atoms with Gasteiger partial charge in [-0.15, -0.1) is 0 Å². The van der Waals surface area contributed by atoms with E-state index in [0.29, 0.717) is 32.1 Å². The summed E-state index contributed by atoms with van der Waals surface area (Å²) in [5.74, 6) is -0.381. The maximum Gasteiger partial charge on any atom is 0.408 e. The second-order valence-corrected chi connectivity index (χ2v) is 15.1. The normalized spacial score (nSPS) is 17.7. The first-order chi connectivity index (χ1) is 26.0. The number of esters is 2. The molecule has 2 aliphatic rings. The van der Waals surface area contributed by atoms with Gasteiger partial charge in [0.15, 0.2) is 0 Å². The van der Waals surface area contributed by atoms with Crippen LogP contribution in [0.4, 0.5) is 10.5 Å². The number of rotatable bonds is 15. The summed E-state index contributed by atoms with van der Waals surface area (Å²) >= 11 is 0. The average Bonchev–Trinajstić information content (AvgIpc) is 3.85. The van der Waals surface area contributed by atoms with Crippen LogP contribution in [0.15, 0.2) is 66.9 Å². The lowest BCUT2D eigenvalue weighted by atomic mass is 9.84. The molecule has 288 valence electrons. The quantitative estimate of drug-likeness (QED) is 0.115. The molecule has 0 bridgehead atoms. The van der Waals surface area contributed by atoms with Gasteiger partial charge in [-0.3, -0.25) is 14.7 Å². The first-order valence-electron chi connectivity index (χ1n) is 18.8. The first kappa shape index (κ1) is 38.8. The molecule has 4 heterocycles. The van der Waals surface area contributed by atoms with Crippen LogP contribution in [0.3, 0.4) is 0 Å². The molecular weight excluding hydrogens is 686 g/mol. The number of alkyl carbamates (subject to hydrolysis) is 1. The van der Waals surface area contributed by atoms with E-state index in [1.807, 2.05) is 36.4 Å². The number of pyridine rings is 1. The largest absolute Gasteiger partial charge is 0.467 e. The van der Waals surface area contributed by atoms with Crippen molar-refractivity contribution in [1.82, 2.24) is 19.8 Å². The zero-order valence-corrected chi connectivity index (χ0v) is 32.3. The lowest BCUT2D eigenvalue weighted by molar-refractivity contribution is -0.144. The van der Waals surface area contributed by atoms with Crippen LogP contribution >= 0.6 is 0 Å². The Hall–Kier alpha value is -4.94. The molecule has 1 amide bonds. The Morgan fingerprint density at radius 2 is 1.80 bits per heavy atom. The van der Waals surface area contributed by atoms with E-state index >= 15 is 0 Å². The molecule has 2 aliphatic heterocycles. The van der Waals surface area contributed by atoms with Gasteiger partial charge < -0.3 is 33.7 Å². The molecule has 0 radical (unpaired) electrons. The number of ether oxygens (including phenoxy) is 4. The van der Waals surface area contributed by atoms with Crippen LogP contribution < -0.4 is 10.2 Å². The molecule has 1 N–H and O–H groups in total. The molecule has 4 aromatic rings. The summed E-state index contributed by atoms with van der Waals surface area (Å²) in [5.41, 5.74) is 6.98. The third-order valence-corrected chi connectivity index (χ3v) is 10.7. The molecule has 3 atom stereocenters. The summed E-state index contributed by atoms with van der Waals surface area (Å²) in [4.78, 5) is 46.9. The first-order valence-corrected chi connectivity index (χ1v) is 18.8. The fraction of sp³-hybridized carbons (Fsp3) is 0.476. The van der Waals surface area contributed by atoms with Gasteiger partial charge in [-0.05, 0) is 73.7 Å². The van der Waals surface area contributed by atoms with Crippen molar-refractivity contribution >= 4 is 34.6 Å². The Morgan fingerprint density at radius 1 is 1.00 bits per heavy atom. The van der Waals surface area contributed by atoms with Crippen molar-refractivity contribution in [3.05, 3.63) is 83.7 Å². The number of hydrogen-bond acceptors (Lipinski definition) is 10. The number of hydrogen-bond donors (Lipinski definition) is 1. The van der Waals surface area contributed by atoms with E-state index in [4.69, 9.17) is 23.9 Å². The van der Waals surface area contributed by atoms with Crippen molar-refractivity contribution in [1.29, 1.82) is 0 Å². The summed E-state index contributed by atoms with van der Waals surface area (Å²) in [7, 11) is 3.02. The van der Waals surface area contributed by atoms with Crippen LogP contribution in [0.5, 0.6) is 0 Å². The number of carbonyl (C=O) groups excluding carboxylic acids is 3. The number of methoxy groups -OCH3 is 2. The monoisotopic (exact) mass is 739 g/mol. The lowest BCUT2D eigenvalue weighted by Gasteiger charge is -2.28. The third-order valence-electron chi connectivity index (χ3n) is 10.7. The smallest absolute Gasteiger partial charge is 0.408 e. The molecule has 2 aromatic carbocycles. The number of anilines is 1. The highest BCUT2D eigenvalue weighted by molar-refractivity contribution is 5.94. The van der Waals surface area contributed by atoms with Crippen molar-refractivity contribution < 1.29 is 33.3 Å². The topological polar surface area (TPSA) is 124 Å². The minimum absolute atomic E-state index is 0.110. The number of amides is 1. The molecule has 2 fully saturated rings. The highest BCUT2D eigenvalue weighted by atomic mass is 16.6. The molecule has 0 spiro atoms. The Balaban J connectivity index is 1.26. The highest BCUT2D eigenvalue weighted by Crippen LogP contribution is 2.42. The summed E-state index contributed by atoms with van der Waals surface area (Å²) in [6.07, 6.45) is 2.81. The van der Waals surface area contributed by atoms with E-state index in [1.54, 1.807) is 13.3 Å². The van der Waals surface area contributed by atoms with Gasteiger partial charge in [0.25, 0.3) is 0 Å². The molecule has 0 saturated carbocycles. The van der Waals surface area contributed by atoms with Gasteiger partial charge in [-0.2, -0.15) is 0 Å². The van der Waals surface area contributed by atoms with E-state index in [2.05, 4.69) is 64.7 Å². The second-order valence-electron chi connectivity index (χ2n) is 15.1. The average molecular weight is 740 g/mol. The molecule has 2 saturated heterocycles. The molecule has 2 aromatic heterocycles. The van der Waals surface area contributed by atoms with Crippen molar-refractivity contribution in [2.75, 3.05) is 51.9 Å². The minimum Gasteiger partial charge on any atom is -0.467 e. The molecule has 54 heavy (non-hydrogen) atoms. The summed E-state index contributed by atoms with van der Waals surface area (Å²) in [6.45, 7) is 12.3. The number of aromatic nitrogens is 2. The van der Waals surface area contributed by atoms with Gasteiger partial charge in [-0.1, -0.05) is 44.2 Å². The fourth-order valence-electron chi connectivity index (χ4n) is 8.11. The SMILES string of the molecule is CCn1c(-c2cccnc2COC)c(CC(C)(C)COC(C)=O)c2cc(N3C[C@H]4CCN(C[C@H](NC(=O)OCc5ccccc5)C(=O)OC)[C@@H]4C3)ccc21. The second kappa shape index (κ2) is 17.0. The molecular formula is C42H53N5O7. The Morgan fingerprint density at radius 3 is 2.52 bits per heavy atom. The fourth-order valence-corrected chi connectivity index (χ4v) is 8.11. The van der Waals surface area contributed by atoms with E-state index in [0.717, 1.165) is 71.7 Å². The van der Waals surface area contributed by atoms with Crippen LogP contribution in [0.2, 0.25) is 0 Å². The van der Waals surface area contributed by atoms with Crippen molar-refractivity contribution in [2.45, 2.75) is 72.4 Å². The van der Waals surface area contributed by atoms with E-state index in [1.165, 1.54) is 19.6 Å². The maximum absolute atomic E-state index is 12.9. The van der Waals surface area contributed by atoms with Crippen molar-refractivity contribution in [2.24, 2.45) is 11.3 Å². The molecule has 6 rings (SSSR count). The van der Waals surface area contributed by atoms with Crippen molar-refractivity contribution in [3.63, 3.8) is 0 Å². The molecule has 12 heteroatoms. The minimum atomic E-state index is -0.858. The predicted molar refractivity (Wildman–Crippen MR) is 207 cm³/mol. The molecule has 0 unspecified atom stereocenters. The van der Waals surface area contributed by atoms with Gasteiger partial charge in [0, 0.05) is 80.0 Å². The van der Waals surface area contributed by atoms with Gasteiger partial charge in [0.05, 0.1) is 31.7 Å². The van der Waals surface area contributed by atoms with Gasteiger partial charge >= 0.3 is 18.0 Å². The molecule has 0 aliphatic carbocycles. The van der Waals surface area contributed by atoms with Crippen LogP contribution in [0.25, 0.3) is 22.2 Å². The van der Waals surface area contributed by atoms with E-state index < -0.39 is 18.1 Å². The maximum atomic E-state index is 12.9. The summed E-state index contributed by atoms with van der Waals surface area (Å²) in [5, 5.41) is 3.91. The van der Waals surface area contributed by atoms with Gasteiger partial charge in [0.1, 0.15) is 12.6 Å². The zero-order valence-electron chi connectivity index (χ0n) is 32.3. The van der Waals surface area contributed by atoms with E-state index in [-0.39, 0.29) is 24.0 Å². The lowest BCUT2D eigenvalue weighted by Crippen LogP contribution is -2.51. The summed E-state index contributed by atoms with van der Waals surface area (Å²) < 4.78 is 24.0. The number of aryl methyl sites for hydroxylation is 1. The number of nitrogens with one attached hydrogen (secondary N) is 1. The van der Waals surface area contributed by atoms with Crippen molar-refractivity contribution in [3.8, 4) is 11.3 Å². The Labute approximate surface area is 317 Å². The van der Waals surface area contributed by atoms with Gasteiger partial charge in [0.2, 0.25) is 0 Å². The van der Waals surface area contributed by atoms with Crippen LogP contribution in [-0.4, -0.2) is 91.6 Å². The summed E-state index contributed by atoms with van der Waals surface area (Å²) in [6, 6.07) is 19.6. The third kappa shape index (κ3) is 8.71. The predicted octanol–water partition coefficient (Wildman–Crippen LogP) is 5.98. The number of likely N-dealkylation sites (tertiary alicyclic amines) is 1. The Bertz CT molecular complexity index is 1940. The Kier molecular flexibility index (Phi) is 12.2. The van der Waals surface area contributed by atoms with E-state index in [9.17, 15) is 14.4 Å². The molecule has 12 nitrogen and oxygen atoms in total. The highest BCUT2D eigenvalue weighted by Gasteiger charge is 2.43. The van der Waals surface area contributed by atoms with Crippen LogP contribution in [0.1, 0.15) is 50.9 Å². The standard InChI is InChI=1S/C42H53N5O7/c1-7-47-37-16-15-31(20-33(37)34(21-42(3,4)27-54-28(2)48)39(47)32-14-11-18-43-36(32)26-51-5)46-22-30-17-19-45(38(30)24-46)23-35(40(49)52-6)44-41(50)53-25-29-12-9-8-10-13-29/h8-16,18,20,30,35,38H,7,17,19,21-27H2,1-6H3,(H,44,50)/t30-,35+,38-/m1/s1.